The number of amides is 2. The van der Waals surface area contributed by atoms with Gasteiger partial charge in [-0.1, -0.05) is 0 Å². The number of carbonyl (C=O) groups excluding carboxylic acids is 2. The summed E-state index contributed by atoms with van der Waals surface area (Å²) in [6, 6.07) is 0. The number of ether oxygens (including phenoxy) is 3. The molecule has 24 nitrogen and oxygen atoms in total. The van der Waals surface area contributed by atoms with Gasteiger partial charge in [0.2, 0.25) is 11.8 Å². The Hall–Kier alpha value is -2.86. The average Bonchev–Trinajstić information content (AvgIpc) is 3.16. The Labute approximate surface area is 338 Å². The molecule has 3 aliphatic rings. The number of hydrogen-bond donors (Lipinski definition) is 12. The van der Waals surface area contributed by atoms with Crippen LogP contribution in [0.25, 0.3) is 0 Å². The van der Waals surface area contributed by atoms with Gasteiger partial charge < -0.3 is 75.9 Å². The lowest BCUT2D eigenvalue weighted by atomic mass is 9.97. The Kier molecular flexibility index (Phi) is 21.4. The van der Waals surface area contributed by atoms with E-state index in [2.05, 4.69) is 10.6 Å². The molecule has 0 aromatic rings. The first kappa shape index (κ1) is 49.5. The van der Waals surface area contributed by atoms with Crippen molar-refractivity contribution in [1.82, 2.24) is 30.2 Å². The van der Waals surface area contributed by atoms with Crippen LogP contribution in [0.15, 0.2) is 0 Å². The van der Waals surface area contributed by atoms with Crippen molar-refractivity contribution >= 4 is 41.5 Å². The van der Waals surface area contributed by atoms with Crippen LogP contribution in [0.2, 0.25) is 0 Å². The van der Waals surface area contributed by atoms with Crippen molar-refractivity contribution in [1.29, 1.82) is 0 Å². The quantitative estimate of drug-likeness (QED) is 0.0537. The monoisotopic (exact) mass is 858 g/mol. The van der Waals surface area contributed by atoms with Crippen LogP contribution in [-0.4, -0.2) is 272 Å². The minimum atomic E-state index is -1.80. The topological polar surface area (TPSA) is 352 Å². The first-order valence-electron chi connectivity index (χ1n) is 18.8. The lowest BCUT2D eigenvalue weighted by Crippen LogP contribution is -2.64. The highest BCUT2D eigenvalue weighted by atomic mass is 32.2. The molecule has 3 fully saturated rings. The first-order valence-corrected chi connectivity index (χ1v) is 19.9. The molecule has 0 bridgehead atoms. The molecule has 0 aliphatic carbocycles. The molecule has 0 saturated carbocycles. The van der Waals surface area contributed by atoms with E-state index < -0.39 is 103 Å². The van der Waals surface area contributed by atoms with Crippen LogP contribution < -0.4 is 10.6 Å². The molecule has 0 aromatic heterocycles. The number of nitrogens with one attached hydrogen (secondary N) is 2. The van der Waals surface area contributed by atoms with E-state index in [-0.39, 0.29) is 104 Å². The maximum Gasteiger partial charge on any atom is 0.317 e. The summed E-state index contributed by atoms with van der Waals surface area (Å²) >= 11 is 0.971. The van der Waals surface area contributed by atoms with Crippen LogP contribution >= 0.6 is 11.8 Å². The molecule has 3 saturated heterocycles. The number of aliphatic hydroxyl groups is 7. The number of carboxylic acids is 3. The smallest absolute Gasteiger partial charge is 0.317 e. The number of carbonyl (C=O) groups is 5. The Balaban J connectivity index is 1.43. The third-order valence-electron chi connectivity index (χ3n) is 9.71. The number of hydrogen-bond acceptors (Lipinski definition) is 20. The zero-order valence-electron chi connectivity index (χ0n) is 31.9. The van der Waals surface area contributed by atoms with Gasteiger partial charge in [-0.3, -0.25) is 43.6 Å². The SMILES string of the molecule is O=C(O)CN1CCN(CC(=O)O)CCN(CC(=O)NCCNC(=O)CCS[C@@H]2O[C@H](CO)[C@@H](O[C@@H]3O[C@H](CO)[C@H](O)[C@H](O)[C@H]3O)[C@H](O)[C@H]2O)CCN(CC(=O)O)CC1. The Morgan fingerprint density at radius 1 is 0.569 bits per heavy atom. The molecular formula is C33H58N6O18S. The van der Waals surface area contributed by atoms with E-state index in [9.17, 15) is 75.0 Å². The predicted molar refractivity (Wildman–Crippen MR) is 198 cm³/mol. The molecule has 10 atom stereocenters. The van der Waals surface area contributed by atoms with Gasteiger partial charge in [0, 0.05) is 77.6 Å². The summed E-state index contributed by atoms with van der Waals surface area (Å²) in [5.74, 6) is -3.90. The predicted octanol–water partition coefficient (Wildman–Crippen LogP) is -7.56. The summed E-state index contributed by atoms with van der Waals surface area (Å²) in [6.45, 7) is -0.335. The molecular weight excluding hydrogens is 800 g/mol. The minimum Gasteiger partial charge on any atom is -0.480 e. The van der Waals surface area contributed by atoms with Gasteiger partial charge in [0.05, 0.1) is 39.4 Å². The fourth-order valence-electron chi connectivity index (χ4n) is 6.50. The molecule has 334 valence electrons. The van der Waals surface area contributed by atoms with E-state index in [1.165, 1.54) is 0 Å². The molecule has 3 rings (SSSR count). The number of carboxylic acid groups (broad SMARTS) is 3. The van der Waals surface area contributed by atoms with Crippen molar-refractivity contribution in [2.24, 2.45) is 0 Å². The van der Waals surface area contributed by atoms with Gasteiger partial charge >= 0.3 is 17.9 Å². The van der Waals surface area contributed by atoms with Gasteiger partial charge in [-0.15, -0.1) is 11.8 Å². The Morgan fingerprint density at radius 3 is 1.47 bits per heavy atom. The highest BCUT2D eigenvalue weighted by molar-refractivity contribution is 7.99. The molecule has 0 spiro atoms. The Bertz CT molecular complexity index is 1290. The number of rotatable bonds is 19. The lowest BCUT2D eigenvalue weighted by Gasteiger charge is -2.46. The van der Waals surface area contributed by atoms with Crippen molar-refractivity contribution < 1.29 is 89.2 Å². The third kappa shape index (κ3) is 16.3. The standard InChI is InChI=1S/C33H58N6O18S/c40-17-19-26(50)27(51)29(53)32(55-19)57-31-20(18-41)56-33(30(54)28(31)52)58-12-1-21(42)34-2-3-35-22(43)13-36-4-6-37(14-23(44)45)8-10-39(16-25(48)49)11-9-38(7-5-36)15-24(46)47/h19-20,26-33,40-41,50-54H,1-18H2,(H,34,42)(H,35,43)(H,44,45)(H,46,47)(H,48,49)/t19-,20-,26+,27+,28-,29-,30-,31-,32+,33+/m1/s1. The van der Waals surface area contributed by atoms with E-state index in [1.807, 2.05) is 0 Å². The third-order valence-corrected chi connectivity index (χ3v) is 10.9. The van der Waals surface area contributed by atoms with E-state index in [0.717, 1.165) is 11.8 Å². The summed E-state index contributed by atoms with van der Waals surface area (Å²) in [6.07, 6.45) is -14.2. The molecule has 0 radical (unpaired) electrons. The second-order valence-electron chi connectivity index (χ2n) is 14.1. The minimum absolute atomic E-state index is 0.0581. The fraction of sp³-hybridized carbons (Fsp3) is 0.848. The second kappa shape index (κ2) is 25.0. The number of aliphatic carboxylic acids is 3. The molecule has 2 amide bonds. The van der Waals surface area contributed by atoms with Crippen LogP contribution in [0.3, 0.4) is 0 Å². The van der Waals surface area contributed by atoms with Gasteiger partial charge in [-0.05, 0) is 0 Å². The van der Waals surface area contributed by atoms with Gasteiger partial charge in [-0.2, -0.15) is 0 Å². The van der Waals surface area contributed by atoms with Crippen molar-refractivity contribution in [2.45, 2.75) is 67.0 Å². The van der Waals surface area contributed by atoms with Gasteiger partial charge in [0.25, 0.3) is 0 Å². The molecule has 3 aliphatic heterocycles. The fourth-order valence-corrected chi connectivity index (χ4v) is 7.61. The van der Waals surface area contributed by atoms with Crippen LogP contribution in [0.1, 0.15) is 6.42 Å². The van der Waals surface area contributed by atoms with E-state index >= 15 is 0 Å². The summed E-state index contributed by atoms with van der Waals surface area (Å²) in [4.78, 5) is 66.4. The van der Waals surface area contributed by atoms with Gasteiger partial charge in [0.1, 0.15) is 54.3 Å². The number of thioether (sulfide) groups is 1. The van der Waals surface area contributed by atoms with Gasteiger partial charge in [-0.25, -0.2) is 0 Å². The van der Waals surface area contributed by atoms with Gasteiger partial charge in [0.15, 0.2) is 6.29 Å². The van der Waals surface area contributed by atoms with Crippen LogP contribution in [0.5, 0.6) is 0 Å². The lowest BCUT2D eigenvalue weighted by molar-refractivity contribution is -0.338. The first-order chi connectivity index (χ1) is 27.5. The maximum atomic E-state index is 12.9. The molecule has 58 heavy (non-hydrogen) atoms. The van der Waals surface area contributed by atoms with Crippen molar-refractivity contribution in [3.8, 4) is 0 Å². The van der Waals surface area contributed by atoms with Crippen molar-refractivity contribution in [3.63, 3.8) is 0 Å². The summed E-state index contributed by atoms with van der Waals surface area (Å²) in [7, 11) is 0. The largest absolute Gasteiger partial charge is 0.480 e. The zero-order chi connectivity index (χ0) is 42.9. The summed E-state index contributed by atoms with van der Waals surface area (Å²) < 4.78 is 16.5. The molecule has 25 heteroatoms. The molecule has 3 heterocycles. The Morgan fingerprint density at radius 2 is 1.02 bits per heavy atom. The normalized spacial score (nSPS) is 31.4. The number of aliphatic hydroxyl groups excluding tert-OH is 7. The van der Waals surface area contributed by atoms with E-state index in [1.54, 1.807) is 19.6 Å². The molecule has 0 unspecified atom stereocenters. The maximum absolute atomic E-state index is 12.9. The van der Waals surface area contributed by atoms with Crippen LogP contribution in [-0.2, 0) is 38.2 Å². The summed E-state index contributed by atoms with van der Waals surface area (Å²) in [5.41, 5.74) is -1.11. The van der Waals surface area contributed by atoms with Crippen molar-refractivity contribution in [2.75, 3.05) is 111 Å². The second-order valence-corrected chi connectivity index (χ2v) is 15.3. The van der Waals surface area contributed by atoms with Crippen LogP contribution in [0.4, 0.5) is 0 Å². The molecule has 0 aromatic carbocycles. The van der Waals surface area contributed by atoms with E-state index in [4.69, 9.17) is 14.2 Å². The van der Waals surface area contributed by atoms with E-state index in [0.29, 0.717) is 0 Å². The highest BCUT2D eigenvalue weighted by Crippen LogP contribution is 2.33. The zero-order valence-corrected chi connectivity index (χ0v) is 32.8. The van der Waals surface area contributed by atoms with Crippen molar-refractivity contribution in [3.05, 3.63) is 0 Å². The molecule has 12 N–H and O–H groups in total. The number of nitrogens with zero attached hydrogens (tertiary/aromatic N) is 4. The average molecular weight is 859 g/mol. The highest BCUT2D eigenvalue weighted by Gasteiger charge is 2.50. The summed E-state index contributed by atoms with van der Waals surface area (Å²) in [5, 5.41) is 105. The van der Waals surface area contributed by atoms with Crippen LogP contribution in [0, 0.1) is 0 Å².